The predicted molar refractivity (Wildman–Crippen MR) is 126 cm³/mol. The third-order valence-electron chi connectivity index (χ3n) is 6.07. The number of benzene rings is 3. The molecule has 0 aromatic heterocycles. The fourth-order valence-electron chi connectivity index (χ4n) is 4.30. The lowest BCUT2D eigenvalue weighted by molar-refractivity contribution is -0.136. The zero-order valence-electron chi connectivity index (χ0n) is 18.0. The predicted octanol–water partition coefficient (Wildman–Crippen LogP) is 4.61. The fourth-order valence-corrected chi connectivity index (χ4v) is 4.30. The monoisotopic (exact) mass is 443 g/mol. The Bertz CT molecular complexity index is 1160. The van der Waals surface area contributed by atoms with Gasteiger partial charge in [0.2, 0.25) is 11.8 Å². The van der Waals surface area contributed by atoms with Crippen molar-refractivity contribution < 1.29 is 19.6 Å². The lowest BCUT2D eigenvalue weighted by atomic mass is 9.83. The zero-order chi connectivity index (χ0) is 23.3. The van der Waals surface area contributed by atoms with E-state index in [2.05, 4.69) is 10.6 Å². The Kier molecular flexibility index (Phi) is 6.51. The fraction of sp³-hybridized carbons (Fsp3) is 0.192. The van der Waals surface area contributed by atoms with Crippen LogP contribution in [0.2, 0.25) is 0 Å². The maximum atomic E-state index is 13.4. The minimum Gasteiger partial charge on any atom is -0.325 e. The van der Waals surface area contributed by atoms with E-state index in [0.717, 1.165) is 18.4 Å². The van der Waals surface area contributed by atoms with Gasteiger partial charge < -0.3 is 10.6 Å². The zero-order valence-corrected chi connectivity index (χ0v) is 18.0. The van der Waals surface area contributed by atoms with Crippen molar-refractivity contribution in [1.29, 1.82) is 0 Å². The van der Waals surface area contributed by atoms with Gasteiger partial charge in [0.25, 0.3) is 5.91 Å². The second-order valence-corrected chi connectivity index (χ2v) is 8.13. The Balaban J connectivity index is 1.62. The van der Waals surface area contributed by atoms with Gasteiger partial charge in [-0.2, -0.15) is 0 Å². The van der Waals surface area contributed by atoms with Gasteiger partial charge in [0.15, 0.2) is 0 Å². The number of nitrogens with one attached hydrogen (secondary N) is 3. The molecule has 0 heterocycles. The van der Waals surface area contributed by atoms with Crippen LogP contribution in [-0.2, 0) is 9.59 Å². The Morgan fingerprint density at radius 1 is 0.727 bits per heavy atom. The molecule has 0 spiro atoms. The van der Waals surface area contributed by atoms with E-state index >= 15 is 0 Å². The molecule has 1 aliphatic carbocycles. The van der Waals surface area contributed by atoms with Crippen molar-refractivity contribution in [3.05, 3.63) is 84.4 Å². The maximum absolute atomic E-state index is 13.4. The number of rotatable bonds is 6. The van der Waals surface area contributed by atoms with E-state index in [1.807, 2.05) is 48.5 Å². The Morgan fingerprint density at radius 2 is 1.30 bits per heavy atom. The van der Waals surface area contributed by atoms with Gasteiger partial charge in [0.1, 0.15) is 5.41 Å². The number of amides is 3. The molecule has 33 heavy (non-hydrogen) atoms. The Labute approximate surface area is 191 Å². The van der Waals surface area contributed by atoms with Crippen LogP contribution in [0, 0.1) is 5.41 Å². The quantitative estimate of drug-likeness (QED) is 0.253. The molecule has 1 aliphatic rings. The largest absolute Gasteiger partial charge is 0.325 e. The van der Waals surface area contributed by atoms with Crippen molar-refractivity contribution in [2.24, 2.45) is 5.41 Å². The molecule has 1 saturated carbocycles. The summed E-state index contributed by atoms with van der Waals surface area (Å²) in [5.41, 5.74) is 3.18. The summed E-state index contributed by atoms with van der Waals surface area (Å²) in [7, 11) is 0. The maximum Gasteiger partial charge on any atom is 0.275 e. The van der Waals surface area contributed by atoms with Gasteiger partial charge in [-0.1, -0.05) is 61.4 Å². The van der Waals surface area contributed by atoms with Crippen molar-refractivity contribution in [1.82, 2.24) is 5.48 Å². The highest BCUT2D eigenvalue weighted by atomic mass is 16.5. The molecule has 0 radical (unpaired) electrons. The van der Waals surface area contributed by atoms with E-state index in [0.29, 0.717) is 29.8 Å². The van der Waals surface area contributed by atoms with Crippen molar-refractivity contribution in [3.8, 4) is 11.1 Å². The first-order valence-electron chi connectivity index (χ1n) is 10.9. The van der Waals surface area contributed by atoms with E-state index in [9.17, 15) is 14.4 Å². The van der Waals surface area contributed by atoms with Crippen LogP contribution in [0.4, 0.5) is 11.4 Å². The molecule has 7 nitrogen and oxygen atoms in total. The third-order valence-corrected chi connectivity index (χ3v) is 6.07. The highest BCUT2D eigenvalue weighted by Gasteiger charge is 2.48. The van der Waals surface area contributed by atoms with E-state index < -0.39 is 11.3 Å². The molecule has 0 atom stereocenters. The van der Waals surface area contributed by atoms with Gasteiger partial charge in [-0.25, -0.2) is 5.48 Å². The van der Waals surface area contributed by atoms with Gasteiger partial charge in [-0.05, 0) is 54.3 Å². The number of para-hydroxylation sites is 1. The highest BCUT2D eigenvalue weighted by Crippen LogP contribution is 2.40. The van der Waals surface area contributed by atoms with Crippen LogP contribution < -0.4 is 16.1 Å². The molecule has 0 aliphatic heterocycles. The normalized spacial score (nSPS) is 14.3. The molecule has 4 rings (SSSR count). The van der Waals surface area contributed by atoms with E-state index in [1.54, 1.807) is 29.7 Å². The molecule has 7 heteroatoms. The minimum absolute atomic E-state index is 0.263. The Morgan fingerprint density at radius 3 is 1.91 bits per heavy atom. The minimum atomic E-state index is -1.16. The summed E-state index contributed by atoms with van der Waals surface area (Å²) in [6, 6.07) is 23.1. The molecule has 4 N–H and O–H groups in total. The van der Waals surface area contributed by atoms with Crippen LogP contribution in [-0.4, -0.2) is 22.9 Å². The molecule has 168 valence electrons. The summed E-state index contributed by atoms with van der Waals surface area (Å²) in [6.07, 6.45) is 2.52. The lowest BCUT2D eigenvalue weighted by Crippen LogP contribution is -2.44. The van der Waals surface area contributed by atoms with Crippen molar-refractivity contribution in [2.75, 3.05) is 10.6 Å². The summed E-state index contributed by atoms with van der Waals surface area (Å²) in [5.74, 6) is -1.34. The number of hydrogen-bond acceptors (Lipinski definition) is 4. The Hall–Kier alpha value is -3.97. The second-order valence-electron chi connectivity index (χ2n) is 8.13. The molecule has 0 bridgehead atoms. The number of hydroxylamine groups is 1. The van der Waals surface area contributed by atoms with Crippen LogP contribution in [0.3, 0.4) is 0 Å². The van der Waals surface area contributed by atoms with E-state index in [4.69, 9.17) is 5.21 Å². The number of hydrogen-bond donors (Lipinski definition) is 4. The van der Waals surface area contributed by atoms with Gasteiger partial charge in [-0.15, -0.1) is 0 Å². The van der Waals surface area contributed by atoms with Crippen molar-refractivity contribution >= 4 is 29.1 Å². The first kappa shape index (κ1) is 22.2. The first-order valence-corrected chi connectivity index (χ1v) is 10.9. The number of carbonyl (C=O) groups excluding carboxylic acids is 3. The molecule has 0 unspecified atom stereocenters. The van der Waals surface area contributed by atoms with Crippen LogP contribution in [0.1, 0.15) is 36.0 Å². The standard InChI is InChI=1S/C26H25N3O4/c30-23(29-33)21-14-13-20(17-22(21)18-9-3-1-4-10-18)28-25(32)26(15-7-8-16-26)24(31)27-19-11-5-2-6-12-19/h1-6,9-14,17,33H,7-8,15-16H2,(H,27,31)(H,28,32)(H,29,30). The van der Waals surface area contributed by atoms with Gasteiger partial charge in [-0.3, -0.25) is 19.6 Å². The smallest absolute Gasteiger partial charge is 0.275 e. The average Bonchev–Trinajstić information content (AvgIpc) is 3.36. The lowest BCUT2D eigenvalue weighted by Gasteiger charge is -2.26. The van der Waals surface area contributed by atoms with Crippen molar-refractivity contribution in [2.45, 2.75) is 25.7 Å². The molecule has 3 aromatic carbocycles. The molecule has 0 saturated heterocycles. The molecule has 3 amide bonds. The van der Waals surface area contributed by atoms with Crippen LogP contribution >= 0.6 is 0 Å². The van der Waals surface area contributed by atoms with Crippen molar-refractivity contribution in [3.63, 3.8) is 0 Å². The summed E-state index contributed by atoms with van der Waals surface area (Å²) in [4.78, 5) is 38.7. The molecule has 3 aromatic rings. The number of carbonyl (C=O) groups is 3. The van der Waals surface area contributed by atoms with Crippen LogP contribution in [0.25, 0.3) is 11.1 Å². The topological polar surface area (TPSA) is 108 Å². The van der Waals surface area contributed by atoms with Crippen LogP contribution in [0.15, 0.2) is 78.9 Å². The summed E-state index contributed by atoms with van der Waals surface area (Å²) in [6.45, 7) is 0. The van der Waals surface area contributed by atoms with E-state index in [1.165, 1.54) is 6.07 Å². The first-order chi connectivity index (χ1) is 16.0. The highest BCUT2D eigenvalue weighted by molar-refractivity contribution is 6.15. The number of anilines is 2. The van der Waals surface area contributed by atoms with E-state index in [-0.39, 0.29) is 17.4 Å². The van der Waals surface area contributed by atoms with Gasteiger partial charge >= 0.3 is 0 Å². The summed E-state index contributed by atoms with van der Waals surface area (Å²) >= 11 is 0. The average molecular weight is 444 g/mol. The van der Waals surface area contributed by atoms with Gasteiger partial charge in [0, 0.05) is 16.9 Å². The molecule has 1 fully saturated rings. The molecular formula is C26H25N3O4. The molecular weight excluding hydrogens is 418 g/mol. The van der Waals surface area contributed by atoms with Gasteiger partial charge in [0.05, 0.1) is 0 Å². The second kappa shape index (κ2) is 9.67. The summed E-state index contributed by atoms with van der Waals surface area (Å²) in [5, 5.41) is 14.9. The van der Waals surface area contributed by atoms with Crippen LogP contribution in [0.5, 0.6) is 0 Å². The third kappa shape index (κ3) is 4.63. The SMILES string of the molecule is O=C(NO)c1ccc(NC(=O)C2(C(=O)Nc3ccccc3)CCCC2)cc1-c1ccccc1. The summed E-state index contributed by atoms with van der Waals surface area (Å²) < 4.78 is 0.